The van der Waals surface area contributed by atoms with Crippen molar-refractivity contribution in [2.24, 2.45) is 0 Å². The van der Waals surface area contributed by atoms with E-state index in [0.29, 0.717) is 0 Å². The molecule has 0 fully saturated rings. The van der Waals surface area contributed by atoms with Crippen LogP contribution >= 0.6 is 0 Å². The Hall–Kier alpha value is 1.38. The molecule has 0 aromatic heterocycles. The Kier molecular flexibility index (Phi) is 92.3. The molecule has 0 rings (SSSR count). The number of halogens is 2. The van der Waals surface area contributed by atoms with Crippen LogP contribution in [0.15, 0.2) is 24.3 Å². The minimum absolute atomic E-state index is 0. The zero-order valence-electron chi connectivity index (χ0n) is 7.80. The average molecular weight is 396 g/mol. The molecule has 0 aromatic rings. The minimum Gasteiger partial charge on any atom is -1.00 e. The van der Waals surface area contributed by atoms with Gasteiger partial charge in [0.1, 0.15) is 0 Å². The first-order valence-electron chi connectivity index (χ1n) is 2.71. The van der Waals surface area contributed by atoms with E-state index in [1.807, 2.05) is 27.7 Å². The normalized spacial score (nSPS) is 4.33. The summed E-state index contributed by atoms with van der Waals surface area (Å²) in [4.78, 5) is 0. The molecule has 4 heteroatoms. The average Bonchev–Trinajstić information content (AvgIpc) is 1.25. The largest absolute Gasteiger partial charge is 1.00 e. The summed E-state index contributed by atoms with van der Waals surface area (Å²) in [5.74, 6) is 0. The molecule has 0 bridgehead atoms. The van der Waals surface area contributed by atoms with Crippen molar-refractivity contribution in [1.29, 1.82) is 0 Å². The first-order valence-corrected chi connectivity index (χ1v) is 2.71. The van der Waals surface area contributed by atoms with Crippen molar-refractivity contribution in [2.75, 3.05) is 0 Å². The van der Waals surface area contributed by atoms with E-state index in [1.165, 1.54) is 11.1 Å². The molecule has 0 heterocycles. The smallest absolute Gasteiger partial charge is 0 e. The Morgan fingerprint density at radius 3 is 0.667 bits per heavy atom. The fraction of sp³-hybridized carbons (Fsp3) is 0.500. The van der Waals surface area contributed by atoms with E-state index in [-0.39, 0.29) is 65.7 Å². The molecule has 0 radical (unpaired) electrons. The Bertz CT molecular complexity index is 73.1. The summed E-state index contributed by atoms with van der Waals surface area (Å²) >= 11 is 0. The summed E-state index contributed by atoms with van der Waals surface area (Å²) in [6.07, 6.45) is 0. The predicted octanol–water partition coefficient (Wildman–Crippen LogP) is -2.83. The van der Waals surface area contributed by atoms with Gasteiger partial charge >= 0.3 is 0 Å². The van der Waals surface area contributed by atoms with Gasteiger partial charge in [-0.05, 0) is 27.7 Å². The van der Waals surface area contributed by atoms with Gasteiger partial charge in [-0.15, -0.1) is 13.2 Å². The quantitative estimate of drug-likeness (QED) is 0.306. The zero-order chi connectivity index (χ0) is 7.15. The summed E-state index contributed by atoms with van der Waals surface area (Å²) < 4.78 is 0. The van der Waals surface area contributed by atoms with Crippen molar-refractivity contribution in [3.8, 4) is 0 Å². The van der Waals surface area contributed by atoms with Crippen molar-refractivity contribution >= 4 is 0 Å². The van der Waals surface area contributed by atoms with Gasteiger partial charge in [0, 0.05) is 40.8 Å². The number of hydrogen-bond donors (Lipinski definition) is 0. The maximum absolute atomic E-state index is 3.56. The first-order chi connectivity index (χ1) is 3.46. The van der Waals surface area contributed by atoms with Crippen molar-refractivity contribution in [1.82, 2.24) is 0 Å². The van der Waals surface area contributed by atoms with Crippen LogP contribution in [0.2, 0.25) is 0 Å². The minimum atomic E-state index is 0. The Labute approximate surface area is 117 Å². The third-order valence-electron chi connectivity index (χ3n) is 0. The van der Waals surface area contributed by atoms with E-state index in [4.69, 9.17) is 0 Å². The molecule has 0 aliphatic rings. The maximum Gasteiger partial charge on any atom is 0 e. The molecule has 0 aliphatic carbocycles. The van der Waals surface area contributed by atoms with Crippen LogP contribution < -0.4 is 24.8 Å². The van der Waals surface area contributed by atoms with Crippen LogP contribution in [-0.2, 0) is 40.8 Å². The van der Waals surface area contributed by atoms with Crippen LogP contribution in [0.5, 0.6) is 0 Å². The summed E-state index contributed by atoms with van der Waals surface area (Å²) in [6.45, 7) is 15.0. The van der Waals surface area contributed by atoms with E-state index in [1.54, 1.807) is 0 Å². The van der Waals surface area contributed by atoms with Gasteiger partial charge < -0.3 is 24.8 Å². The molecule has 0 saturated heterocycles. The van der Waals surface area contributed by atoms with Gasteiger partial charge in [-0.25, -0.2) is 0 Å². The summed E-state index contributed by atoms with van der Waals surface area (Å²) in [7, 11) is 0. The monoisotopic (exact) mass is 394 g/mol. The fourth-order valence-electron chi connectivity index (χ4n) is 0. The van der Waals surface area contributed by atoms with E-state index in [2.05, 4.69) is 13.2 Å². The second kappa shape index (κ2) is 29.4. The van der Waals surface area contributed by atoms with Gasteiger partial charge in [0.15, 0.2) is 0 Å². The van der Waals surface area contributed by atoms with Crippen LogP contribution in [0, 0.1) is 0 Å². The second-order valence-corrected chi connectivity index (χ2v) is 2.41. The standard InChI is InChI=1S/2C4H8.2ClH.2Pd/c2*1-4(2)3;;;;/h2*1H2,2-3H3;2*1H;;/p-2. The molecule has 0 saturated carbocycles. The van der Waals surface area contributed by atoms with Gasteiger partial charge in [0.2, 0.25) is 0 Å². The number of allylic oxidation sites excluding steroid dienone is 2. The third kappa shape index (κ3) is 640. The Morgan fingerprint density at radius 1 is 0.667 bits per heavy atom. The van der Waals surface area contributed by atoms with Gasteiger partial charge in [-0.1, -0.05) is 11.1 Å². The first kappa shape index (κ1) is 37.6. The summed E-state index contributed by atoms with van der Waals surface area (Å²) in [5, 5.41) is 0. The fourth-order valence-corrected chi connectivity index (χ4v) is 0. The van der Waals surface area contributed by atoms with Crippen molar-refractivity contribution in [3.05, 3.63) is 24.3 Å². The zero-order valence-corrected chi connectivity index (χ0v) is 12.4. The number of hydrogen-bond acceptors (Lipinski definition) is 0. The number of rotatable bonds is 0. The molecule has 0 aromatic carbocycles. The third-order valence-corrected chi connectivity index (χ3v) is 0. The van der Waals surface area contributed by atoms with Crippen molar-refractivity contribution < 1.29 is 65.7 Å². The summed E-state index contributed by atoms with van der Waals surface area (Å²) in [6, 6.07) is 0. The van der Waals surface area contributed by atoms with E-state index in [0.717, 1.165) is 0 Å². The molecule has 0 amide bonds. The van der Waals surface area contributed by atoms with Crippen LogP contribution in [0.1, 0.15) is 27.7 Å². The van der Waals surface area contributed by atoms with Gasteiger partial charge in [-0.3, -0.25) is 0 Å². The molecule has 84 valence electrons. The Balaban J connectivity index is -0.0000000112. The van der Waals surface area contributed by atoms with Gasteiger partial charge in [0.05, 0.1) is 0 Å². The summed E-state index contributed by atoms with van der Waals surface area (Å²) in [5.41, 5.74) is 2.33. The molecular weight excluding hydrogens is 380 g/mol. The predicted molar refractivity (Wildman–Crippen MR) is 41.0 cm³/mol. The van der Waals surface area contributed by atoms with Crippen LogP contribution in [-0.4, -0.2) is 0 Å². The molecule has 0 spiro atoms. The van der Waals surface area contributed by atoms with Gasteiger partial charge in [0.25, 0.3) is 0 Å². The van der Waals surface area contributed by atoms with E-state index in [9.17, 15) is 0 Å². The molecular formula is C8H16Cl2Pd2-2. The molecule has 0 nitrogen and oxygen atoms in total. The van der Waals surface area contributed by atoms with Crippen molar-refractivity contribution in [2.45, 2.75) is 27.7 Å². The molecule has 0 unspecified atom stereocenters. The van der Waals surface area contributed by atoms with Crippen LogP contribution in [0.4, 0.5) is 0 Å². The second-order valence-electron chi connectivity index (χ2n) is 2.41. The maximum atomic E-state index is 3.56. The molecule has 0 atom stereocenters. The van der Waals surface area contributed by atoms with Crippen LogP contribution in [0.3, 0.4) is 0 Å². The molecule has 0 N–H and O–H groups in total. The molecule has 12 heavy (non-hydrogen) atoms. The van der Waals surface area contributed by atoms with Gasteiger partial charge in [-0.2, -0.15) is 0 Å². The van der Waals surface area contributed by atoms with E-state index >= 15 is 0 Å². The van der Waals surface area contributed by atoms with Crippen molar-refractivity contribution in [3.63, 3.8) is 0 Å². The van der Waals surface area contributed by atoms with E-state index < -0.39 is 0 Å². The SMILES string of the molecule is C=C(C)C.C=C(C)C.[Cl-].[Cl-].[Pd].[Pd]. The topological polar surface area (TPSA) is 0 Å². The Morgan fingerprint density at radius 2 is 0.667 bits per heavy atom. The molecule has 0 aliphatic heterocycles. The van der Waals surface area contributed by atoms with Crippen LogP contribution in [0.25, 0.3) is 0 Å².